The summed E-state index contributed by atoms with van der Waals surface area (Å²) < 4.78 is 0. The van der Waals surface area contributed by atoms with Gasteiger partial charge in [0.05, 0.1) is 6.61 Å². The first-order valence-electron chi connectivity index (χ1n) is 6.24. The second kappa shape index (κ2) is 5.46. The molecule has 0 spiro atoms. The molecule has 0 aromatic heterocycles. The van der Waals surface area contributed by atoms with Crippen LogP contribution >= 0.6 is 0 Å². The molecule has 0 saturated heterocycles. The SMILES string of the molecule is OCC1(NCCCCc2ccccc2)CC1. The number of aliphatic hydroxyl groups excluding tert-OH is 1. The molecule has 0 heterocycles. The number of benzene rings is 1. The van der Waals surface area contributed by atoms with E-state index in [0.29, 0.717) is 6.61 Å². The van der Waals surface area contributed by atoms with Gasteiger partial charge < -0.3 is 10.4 Å². The van der Waals surface area contributed by atoms with Gasteiger partial charge in [-0.3, -0.25) is 0 Å². The maximum Gasteiger partial charge on any atom is 0.0613 e. The molecule has 0 aliphatic heterocycles. The Morgan fingerprint density at radius 2 is 1.88 bits per heavy atom. The van der Waals surface area contributed by atoms with Crippen molar-refractivity contribution < 1.29 is 5.11 Å². The molecule has 16 heavy (non-hydrogen) atoms. The highest BCUT2D eigenvalue weighted by Gasteiger charge is 2.40. The van der Waals surface area contributed by atoms with Gasteiger partial charge in [0.25, 0.3) is 0 Å². The smallest absolute Gasteiger partial charge is 0.0613 e. The van der Waals surface area contributed by atoms with E-state index in [2.05, 4.69) is 35.6 Å². The summed E-state index contributed by atoms with van der Waals surface area (Å²) in [5, 5.41) is 12.6. The number of unbranched alkanes of at least 4 members (excludes halogenated alkanes) is 1. The average molecular weight is 219 g/mol. The summed E-state index contributed by atoms with van der Waals surface area (Å²) >= 11 is 0. The van der Waals surface area contributed by atoms with Gasteiger partial charge in [0, 0.05) is 5.54 Å². The Morgan fingerprint density at radius 3 is 2.50 bits per heavy atom. The fourth-order valence-corrected chi connectivity index (χ4v) is 1.99. The van der Waals surface area contributed by atoms with Crippen molar-refractivity contribution in [3.8, 4) is 0 Å². The molecule has 2 rings (SSSR count). The van der Waals surface area contributed by atoms with E-state index in [-0.39, 0.29) is 5.54 Å². The minimum atomic E-state index is 0.104. The molecule has 1 aromatic carbocycles. The van der Waals surface area contributed by atoms with E-state index in [9.17, 15) is 0 Å². The maximum absolute atomic E-state index is 9.13. The Morgan fingerprint density at radius 1 is 1.12 bits per heavy atom. The number of rotatable bonds is 7. The minimum Gasteiger partial charge on any atom is -0.394 e. The van der Waals surface area contributed by atoms with E-state index in [0.717, 1.165) is 25.8 Å². The highest BCUT2D eigenvalue weighted by molar-refractivity contribution is 5.14. The molecule has 2 heteroatoms. The van der Waals surface area contributed by atoms with Crippen LogP contribution in [0.15, 0.2) is 30.3 Å². The molecule has 1 aliphatic rings. The number of aryl methyl sites for hydroxylation is 1. The van der Waals surface area contributed by atoms with Crippen LogP contribution in [0.1, 0.15) is 31.2 Å². The fourth-order valence-electron chi connectivity index (χ4n) is 1.99. The summed E-state index contributed by atoms with van der Waals surface area (Å²) in [6.45, 7) is 1.33. The molecule has 0 amide bonds. The van der Waals surface area contributed by atoms with E-state index in [1.165, 1.54) is 18.4 Å². The van der Waals surface area contributed by atoms with E-state index >= 15 is 0 Å². The second-order valence-electron chi connectivity index (χ2n) is 4.81. The second-order valence-corrected chi connectivity index (χ2v) is 4.81. The molecule has 1 saturated carbocycles. The molecular formula is C14H21NO. The van der Waals surface area contributed by atoms with Gasteiger partial charge in [0.15, 0.2) is 0 Å². The third-order valence-corrected chi connectivity index (χ3v) is 3.39. The lowest BCUT2D eigenvalue weighted by Gasteiger charge is -2.13. The Kier molecular flexibility index (Phi) is 3.97. The molecule has 0 radical (unpaired) electrons. The first-order valence-corrected chi connectivity index (χ1v) is 6.24. The Bertz CT molecular complexity index is 306. The zero-order valence-electron chi connectivity index (χ0n) is 9.78. The van der Waals surface area contributed by atoms with Crippen molar-refractivity contribution in [2.45, 2.75) is 37.6 Å². The molecule has 88 valence electrons. The third-order valence-electron chi connectivity index (χ3n) is 3.39. The zero-order chi connectivity index (χ0) is 11.3. The quantitative estimate of drug-likeness (QED) is 0.689. The van der Waals surface area contributed by atoms with Crippen molar-refractivity contribution in [2.75, 3.05) is 13.2 Å². The summed E-state index contributed by atoms with van der Waals surface area (Å²) in [5.41, 5.74) is 1.53. The van der Waals surface area contributed by atoms with Crippen molar-refractivity contribution >= 4 is 0 Å². The molecule has 0 atom stereocenters. The van der Waals surface area contributed by atoms with E-state index in [1.807, 2.05) is 0 Å². The summed E-state index contributed by atoms with van der Waals surface area (Å²) in [6, 6.07) is 10.6. The Labute approximate surface area is 97.7 Å². The predicted molar refractivity (Wildman–Crippen MR) is 66.4 cm³/mol. The van der Waals surface area contributed by atoms with Gasteiger partial charge in [0.2, 0.25) is 0 Å². The van der Waals surface area contributed by atoms with Crippen LogP contribution in [0.3, 0.4) is 0 Å². The molecule has 2 nitrogen and oxygen atoms in total. The van der Waals surface area contributed by atoms with Gasteiger partial charge in [-0.05, 0) is 44.2 Å². The highest BCUT2D eigenvalue weighted by Crippen LogP contribution is 2.34. The lowest BCUT2D eigenvalue weighted by Crippen LogP contribution is -2.35. The minimum absolute atomic E-state index is 0.104. The third kappa shape index (κ3) is 3.32. The predicted octanol–water partition coefficient (Wildman–Crippen LogP) is 2.12. The van der Waals surface area contributed by atoms with E-state index in [4.69, 9.17) is 5.11 Å². The van der Waals surface area contributed by atoms with Crippen molar-refractivity contribution in [3.63, 3.8) is 0 Å². The van der Waals surface area contributed by atoms with Gasteiger partial charge >= 0.3 is 0 Å². The van der Waals surface area contributed by atoms with E-state index < -0.39 is 0 Å². The summed E-state index contributed by atoms with van der Waals surface area (Å²) in [5.74, 6) is 0. The summed E-state index contributed by atoms with van der Waals surface area (Å²) in [6.07, 6.45) is 5.86. The van der Waals surface area contributed by atoms with Gasteiger partial charge in [-0.2, -0.15) is 0 Å². The molecular weight excluding hydrogens is 198 g/mol. The standard InChI is InChI=1S/C14H21NO/c16-12-14(9-10-14)15-11-5-4-8-13-6-2-1-3-7-13/h1-3,6-7,15-16H,4-5,8-12H2. The highest BCUT2D eigenvalue weighted by atomic mass is 16.3. The van der Waals surface area contributed by atoms with Crippen molar-refractivity contribution in [1.29, 1.82) is 0 Å². The first-order chi connectivity index (χ1) is 7.85. The Hall–Kier alpha value is -0.860. The van der Waals surface area contributed by atoms with Crippen LogP contribution in [0.5, 0.6) is 0 Å². The fraction of sp³-hybridized carbons (Fsp3) is 0.571. The van der Waals surface area contributed by atoms with Crippen LogP contribution in [0, 0.1) is 0 Å². The van der Waals surface area contributed by atoms with Crippen LogP contribution in [0.25, 0.3) is 0 Å². The lowest BCUT2D eigenvalue weighted by molar-refractivity contribution is 0.230. The van der Waals surface area contributed by atoms with Crippen LogP contribution in [0.2, 0.25) is 0 Å². The van der Waals surface area contributed by atoms with E-state index in [1.54, 1.807) is 0 Å². The number of hydrogen-bond donors (Lipinski definition) is 2. The van der Waals surface area contributed by atoms with Crippen molar-refractivity contribution in [2.24, 2.45) is 0 Å². The monoisotopic (exact) mass is 219 g/mol. The van der Waals surface area contributed by atoms with Gasteiger partial charge in [-0.1, -0.05) is 30.3 Å². The molecule has 0 bridgehead atoms. The summed E-state index contributed by atoms with van der Waals surface area (Å²) in [7, 11) is 0. The Balaban J connectivity index is 1.56. The van der Waals surface area contributed by atoms with Crippen LogP contribution in [0.4, 0.5) is 0 Å². The normalized spacial score (nSPS) is 17.3. The van der Waals surface area contributed by atoms with Crippen molar-refractivity contribution in [3.05, 3.63) is 35.9 Å². The molecule has 2 N–H and O–H groups in total. The zero-order valence-corrected chi connectivity index (χ0v) is 9.78. The van der Waals surface area contributed by atoms with Gasteiger partial charge in [-0.15, -0.1) is 0 Å². The van der Waals surface area contributed by atoms with Gasteiger partial charge in [-0.25, -0.2) is 0 Å². The first kappa shape index (κ1) is 11.6. The molecule has 0 unspecified atom stereocenters. The van der Waals surface area contributed by atoms with Gasteiger partial charge in [0.1, 0.15) is 0 Å². The van der Waals surface area contributed by atoms with Crippen LogP contribution in [-0.2, 0) is 6.42 Å². The summed E-state index contributed by atoms with van der Waals surface area (Å²) in [4.78, 5) is 0. The van der Waals surface area contributed by atoms with Crippen LogP contribution < -0.4 is 5.32 Å². The topological polar surface area (TPSA) is 32.3 Å². The molecule has 1 aromatic rings. The number of nitrogens with one attached hydrogen (secondary N) is 1. The number of aliphatic hydroxyl groups is 1. The molecule has 1 fully saturated rings. The number of hydrogen-bond acceptors (Lipinski definition) is 2. The molecule has 1 aliphatic carbocycles. The lowest BCUT2D eigenvalue weighted by atomic mass is 10.1. The average Bonchev–Trinajstić information content (AvgIpc) is 3.11. The maximum atomic E-state index is 9.13. The van der Waals surface area contributed by atoms with Crippen molar-refractivity contribution in [1.82, 2.24) is 5.32 Å². The van der Waals surface area contributed by atoms with Crippen LogP contribution in [-0.4, -0.2) is 23.8 Å². The largest absolute Gasteiger partial charge is 0.394 e.